The summed E-state index contributed by atoms with van der Waals surface area (Å²) >= 11 is 2.08. The van der Waals surface area contributed by atoms with Gasteiger partial charge in [-0.2, -0.15) is 0 Å². The Labute approximate surface area is 130 Å². The summed E-state index contributed by atoms with van der Waals surface area (Å²) in [5, 5.41) is 0. The molecule has 20 heavy (non-hydrogen) atoms. The van der Waals surface area contributed by atoms with Crippen LogP contribution in [0.2, 0.25) is 0 Å². The lowest BCUT2D eigenvalue weighted by molar-refractivity contribution is 0.593. The minimum Gasteiger partial charge on any atom is -0.326 e. The number of sulfonamides is 1. The van der Waals surface area contributed by atoms with Crippen LogP contribution in [0.4, 0.5) is 10.1 Å². The number of rotatable bonds is 4. The number of hydrogen-bond acceptors (Lipinski definition) is 3. The van der Waals surface area contributed by atoms with Crippen molar-refractivity contribution in [3.63, 3.8) is 0 Å². The van der Waals surface area contributed by atoms with Gasteiger partial charge >= 0.3 is 0 Å². The summed E-state index contributed by atoms with van der Waals surface area (Å²) in [6, 6.07) is 10.4. The summed E-state index contributed by atoms with van der Waals surface area (Å²) in [6.07, 6.45) is 0. The van der Waals surface area contributed by atoms with Crippen LogP contribution in [0.25, 0.3) is 0 Å². The summed E-state index contributed by atoms with van der Waals surface area (Å²) in [4.78, 5) is -0.140. The minimum atomic E-state index is -3.87. The van der Waals surface area contributed by atoms with Gasteiger partial charge in [-0.3, -0.25) is 4.72 Å². The molecule has 7 heteroatoms. The lowest BCUT2D eigenvalue weighted by Crippen LogP contribution is -2.16. The van der Waals surface area contributed by atoms with Crippen LogP contribution in [-0.2, 0) is 16.6 Å². The molecule has 0 fully saturated rings. The van der Waals surface area contributed by atoms with E-state index in [4.69, 9.17) is 5.73 Å². The lowest BCUT2D eigenvalue weighted by atomic mass is 10.2. The lowest BCUT2D eigenvalue weighted by Gasteiger charge is -2.11. The third kappa shape index (κ3) is 3.47. The van der Waals surface area contributed by atoms with Crippen LogP contribution in [0.3, 0.4) is 0 Å². The molecule has 0 saturated carbocycles. The maximum atomic E-state index is 13.3. The quantitative estimate of drug-likeness (QED) is 0.768. The fourth-order valence-corrected chi connectivity index (χ4v) is 3.56. The van der Waals surface area contributed by atoms with E-state index in [2.05, 4.69) is 27.3 Å². The highest BCUT2D eigenvalue weighted by Gasteiger charge is 2.19. The second kappa shape index (κ2) is 6.06. The molecule has 0 aliphatic carbocycles. The third-order valence-corrected chi connectivity index (χ3v) is 4.75. The van der Waals surface area contributed by atoms with E-state index in [-0.39, 0.29) is 11.4 Å². The third-order valence-electron chi connectivity index (χ3n) is 2.62. The first-order valence-corrected chi connectivity index (χ1v) is 8.25. The van der Waals surface area contributed by atoms with Crippen molar-refractivity contribution in [1.82, 2.24) is 0 Å². The first-order valence-electron chi connectivity index (χ1n) is 5.69. The Kier molecular flexibility index (Phi) is 4.61. The highest BCUT2D eigenvalue weighted by atomic mass is 127. The molecular weight excluding hydrogens is 394 g/mol. The Hall–Kier alpha value is -1.19. The zero-order valence-corrected chi connectivity index (χ0v) is 13.3. The van der Waals surface area contributed by atoms with Crippen molar-refractivity contribution in [1.29, 1.82) is 0 Å². The van der Waals surface area contributed by atoms with E-state index < -0.39 is 15.8 Å². The molecule has 4 nitrogen and oxygen atoms in total. The van der Waals surface area contributed by atoms with Crippen molar-refractivity contribution >= 4 is 38.3 Å². The van der Waals surface area contributed by atoms with Gasteiger partial charge in [-0.1, -0.05) is 12.1 Å². The second-order valence-corrected chi connectivity index (χ2v) is 6.97. The molecule has 2 aromatic rings. The van der Waals surface area contributed by atoms with Gasteiger partial charge in [-0.05, 0) is 58.5 Å². The predicted octanol–water partition coefficient (Wildman–Crippen LogP) is 2.69. The fraction of sp³-hybridized carbons (Fsp3) is 0.0769. The van der Waals surface area contributed by atoms with Crippen LogP contribution in [0.15, 0.2) is 47.4 Å². The number of nitrogens with two attached hydrogens (primary N) is 1. The van der Waals surface area contributed by atoms with Crippen molar-refractivity contribution in [2.24, 2.45) is 5.73 Å². The van der Waals surface area contributed by atoms with Crippen molar-refractivity contribution in [2.45, 2.75) is 11.4 Å². The molecule has 0 aliphatic heterocycles. The van der Waals surface area contributed by atoms with E-state index >= 15 is 0 Å². The van der Waals surface area contributed by atoms with Gasteiger partial charge in [0.2, 0.25) is 0 Å². The smallest absolute Gasteiger partial charge is 0.262 e. The molecule has 2 aromatic carbocycles. The normalized spacial score (nSPS) is 11.3. The monoisotopic (exact) mass is 406 g/mol. The fourth-order valence-electron chi connectivity index (χ4n) is 1.71. The maximum Gasteiger partial charge on any atom is 0.262 e. The largest absolute Gasteiger partial charge is 0.326 e. The summed E-state index contributed by atoms with van der Waals surface area (Å²) < 4.78 is 41.2. The molecule has 0 aliphatic rings. The van der Waals surface area contributed by atoms with E-state index in [0.29, 0.717) is 11.3 Å². The first-order chi connectivity index (χ1) is 9.42. The summed E-state index contributed by atoms with van der Waals surface area (Å²) in [6.45, 7) is 0.0167. The molecule has 106 valence electrons. The average Bonchev–Trinajstić information content (AvgIpc) is 2.38. The highest BCUT2D eigenvalue weighted by molar-refractivity contribution is 14.1. The summed E-state index contributed by atoms with van der Waals surface area (Å²) in [5.41, 5.74) is 6.28. The molecule has 0 saturated heterocycles. The number of benzene rings is 2. The van der Waals surface area contributed by atoms with E-state index in [1.165, 1.54) is 12.1 Å². The van der Waals surface area contributed by atoms with Crippen LogP contribution in [0.5, 0.6) is 0 Å². The van der Waals surface area contributed by atoms with E-state index in [1.54, 1.807) is 18.2 Å². The Morgan fingerprint density at radius 2 is 1.95 bits per heavy atom. The Morgan fingerprint density at radius 3 is 2.60 bits per heavy atom. The van der Waals surface area contributed by atoms with Gasteiger partial charge in [0, 0.05) is 15.8 Å². The molecule has 0 heterocycles. The van der Waals surface area contributed by atoms with Gasteiger partial charge in [0.05, 0.1) is 4.90 Å². The zero-order chi connectivity index (χ0) is 14.8. The van der Waals surface area contributed by atoms with Gasteiger partial charge < -0.3 is 5.73 Å². The topological polar surface area (TPSA) is 72.2 Å². The Morgan fingerprint density at radius 1 is 1.20 bits per heavy atom. The van der Waals surface area contributed by atoms with Crippen LogP contribution in [-0.4, -0.2) is 8.42 Å². The van der Waals surface area contributed by atoms with Gasteiger partial charge in [-0.25, -0.2) is 12.8 Å². The molecule has 0 unspecified atom stereocenters. The minimum absolute atomic E-state index is 0.0167. The van der Waals surface area contributed by atoms with Crippen molar-refractivity contribution in [3.8, 4) is 0 Å². The molecule has 3 N–H and O–H groups in total. The van der Waals surface area contributed by atoms with Crippen molar-refractivity contribution in [2.75, 3.05) is 4.72 Å². The molecule has 0 aromatic heterocycles. The van der Waals surface area contributed by atoms with Gasteiger partial charge in [0.1, 0.15) is 5.82 Å². The average molecular weight is 406 g/mol. The van der Waals surface area contributed by atoms with Gasteiger partial charge in [0.25, 0.3) is 10.0 Å². The van der Waals surface area contributed by atoms with E-state index in [1.807, 2.05) is 6.07 Å². The number of hydrogen-bond donors (Lipinski definition) is 2. The molecule has 0 amide bonds. The number of anilines is 1. The summed E-state index contributed by atoms with van der Waals surface area (Å²) in [7, 11) is -3.87. The van der Waals surface area contributed by atoms with Crippen molar-refractivity contribution < 1.29 is 12.8 Å². The highest BCUT2D eigenvalue weighted by Crippen LogP contribution is 2.21. The number of nitrogens with one attached hydrogen (secondary N) is 1. The van der Waals surface area contributed by atoms with E-state index in [9.17, 15) is 12.8 Å². The van der Waals surface area contributed by atoms with E-state index in [0.717, 1.165) is 9.64 Å². The molecule has 0 radical (unpaired) electrons. The van der Waals surface area contributed by atoms with Crippen molar-refractivity contribution in [3.05, 3.63) is 57.4 Å². The maximum absolute atomic E-state index is 13.3. The van der Waals surface area contributed by atoms with Crippen LogP contribution < -0.4 is 10.5 Å². The standard InChI is InChI=1S/C13H12FIN2O2S/c14-10-5-4-9(8-16)13(6-10)20(18,19)17-12-3-1-2-11(15)7-12/h1-7,17H,8,16H2. The zero-order valence-electron chi connectivity index (χ0n) is 10.3. The van der Waals surface area contributed by atoms with Gasteiger partial charge in [-0.15, -0.1) is 0 Å². The van der Waals surface area contributed by atoms with Crippen LogP contribution >= 0.6 is 22.6 Å². The summed E-state index contributed by atoms with van der Waals surface area (Å²) in [5.74, 6) is -0.620. The Bertz CT molecular complexity index is 735. The molecular formula is C13H12FIN2O2S. The molecule has 0 bridgehead atoms. The first kappa shape index (κ1) is 15.2. The van der Waals surface area contributed by atoms with Crippen LogP contribution in [0, 0.1) is 9.39 Å². The van der Waals surface area contributed by atoms with Gasteiger partial charge in [0.15, 0.2) is 0 Å². The number of halogens is 2. The Balaban J connectivity index is 2.43. The SMILES string of the molecule is NCc1ccc(F)cc1S(=O)(=O)Nc1cccc(I)c1. The molecule has 0 atom stereocenters. The van der Waals surface area contributed by atoms with Crippen LogP contribution in [0.1, 0.15) is 5.56 Å². The molecule has 2 rings (SSSR count). The molecule has 0 spiro atoms. The predicted molar refractivity (Wildman–Crippen MR) is 84.3 cm³/mol. The second-order valence-electron chi connectivity index (χ2n) is 4.07.